The average molecular weight is 358 g/mol. The lowest BCUT2D eigenvalue weighted by molar-refractivity contribution is -0.117. The minimum atomic E-state index is -0.0203. The standard InChI is InChI=1S/C19H26N4O3/c1-12-19(13(2)22(3)21-12)20-18(24)11-23-7-6-14-8-16(25-4)17(26-5)9-15(14)10-23/h8-9H,6-7,10-11H2,1-5H3,(H,20,24). The van der Waals surface area contributed by atoms with Crippen LogP contribution in [0.1, 0.15) is 22.5 Å². The van der Waals surface area contributed by atoms with Crippen molar-refractivity contribution in [3.05, 3.63) is 34.6 Å². The highest BCUT2D eigenvalue weighted by Gasteiger charge is 2.22. The van der Waals surface area contributed by atoms with Crippen LogP contribution in [0.4, 0.5) is 5.69 Å². The van der Waals surface area contributed by atoms with E-state index in [9.17, 15) is 4.79 Å². The van der Waals surface area contributed by atoms with Crippen molar-refractivity contribution in [2.75, 3.05) is 32.6 Å². The van der Waals surface area contributed by atoms with Crippen LogP contribution in [0.2, 0.25) is 0 Å². The third-order valence-electron chi connectivity index (χ3n) is 4.94. The monoisotopic (exact) mass is 358 g/mol. The Labute approximate surface area is 153 Å². The van der Waals surface area contributed by atoms with E-state index in [1.54, 1.807) is 18.9 Å². The quantitative estimate of drug-likeness (QED) is 0.886. The summed E-state index contributed by atoms with van der Waals surface area (Å²) in [4.78, 5) is 14.6. The predicted molar refractivity (Wildman–Crippen MR) is 99.8 cm³/mol. The number of fused-ring (bicyclic) bond motifs is 1. The molecule has 1 aliphatic rings. The van der Waals surface area contributed by atoms with Crippen LogP contribution < -0.4 is 14.8 Å². The van der Waals surface area contributed by atoms with Gasteiger partial charge in [-0.05, 0) is 43.5 Å². The van der Waals surface area contributed by atoms with Crippen LogP contribution in [0, 0.1) is 13.8 Å². The zero-order chi connectivity index (χ0) is 18.8. The Morgan fingerprint density at radius 3 is 2.42 bits per heavy atom. The van der Waals surface area contributed by atoms with Gasteiger partial charge in [0.25, 0.3) is 0 Å². The molecule has 0 saturated carbocycles. The van der Waals surface area contributed by atoms with Crippen molar-refractivity contribution in [1.82, 2.24) is 14.7 Å². The minimum Gasteiger partial charge on any atom is -0.493 e. The van der Waals surface area contributed by atoms with Gasteiger partial charge in [-0.15, -0.1) is 0 Å². The van der Waals surface area contributed by atoms with Crippen molar-refractivity contribution >= 4 is 11.6 Å². The van der Waals surface area contributed by atoms with E-state index in [1.807, 2.05) is 33.0 Å². The molecular formula is C19H26N4O3. The summed E-state index contributed by atoms with van der Waals surface area (Å²) in [7, 11) is 5.16. The van der Waals surface area contributed by atoms with Gasteiger partial charge in [-0.2, -0.15) is 5.10 Å². The molecule has 7 nitrogen and oxygen atoms in total. The fraction of sp³-hybridized carbons (Fsp3) is 0.474. The minimum absolute atomic E-state index is 0.0203. The maximum absolute atomic E-state index is 12.5. The Hall–Kier alpha value is -2.54. The zero-order valence-electron chi connectivity index (χ0n) is 16.0. The summed E-state index contributed by atoms with van der Waals surface area (Å²) in [6.45, 7) is 5.75. The number of ether oxygens (including phenoxy) is 2. The Bertz CT molecular complexity index is 829. The van der Waals surface area contributed by atoms with Crippen molar-refractivity contribution in [1.29, 1.82) is 0 Å². The van der Waals surface area contributed by atoms with Gasteiger partial charge in [0.05, 0.1) is 37.8 Å². The summed E-state index contributed by atoms with van der Waals surface area (Å²) in [5, 5.41) is 7.34. The molecule has 1 N–H and O–H groups in total. The number of hydrogen-bond acceptors (Lipinski definition) is 5. The second-order valence-electron chi connectivity index (χ2n) is 6.65. The van der Waals surface area contributed by atoms with E-state index in [1.165, 1.54) is 11.1 Å². The Morgan fingerprint density at radius 1 is 1.19 bits per heavy atom. The summed E-state index contributed by atoms with van der Waals surface area (Å²) in [5.41, 5.74) is 5.02. The molecule has 0 aliphatic carbocycles. The number of carbonyl (C=O) groups excluding carboxylic acids is 1. The van der Waals surface area contributed by atoms with Crippen LogP contribution in [0.5, 0.6) is 11.5 Å². The molecule has 3 rings (SSSR count). The van der Waals surface area contributed by atoms with E-state index < -0.39 is 0 Å². The first-order chi connectivity index (χ1) is 12.4. The van der Waals surface area contributed by atoms with Gasteiger partial charge in [-0.25, -0.2) is 0 Å². The number of benzene rings is 1. The Kier molecular flexibility index (Phi) is 5.18. The largest absolute Gasteiger partial charge is 0.493 e. The molecule has 1 amide bonds. The van der Waals surface area contributed by atoms with Gasteiger partial charge in [0, 0.05) is 20.1 Å². The van der Waals surface area contributed by atoms with Crippen LogP contribution in [-0.4, -0.2) is 47.9 Å². The van der Waals surface area contributed by atoms with Crippen LogP contribution in [0.15, 0.2) is 12.1 Å². The molecule has 2 aromatic rings. The number of aryl methyl sites for hydroxylation is 2. The van der Waals surface area contributed by atoms with E-state index in [0.717, 1.165) is 41.5 Å². The topological polar surface area (TPSA) is 68.6 Å². The maximum Gasteiger partial charge on any atom is 0.238 e. The number of methoxy groups -OCH3 is 2. The summed E-state index contributed by atoms with van der Waals surface area (Å²) < 4.78 is 12.5. The first-order valence-corrected chi connectivity index (χ1v) is 8.69. The van der Waals surface area contributed by atoms with Gasteiger partial charge in [0.15, 0.2) is 11.5 Å². The molecule has 0 unspecified atom stereocenters. The highest BCUT2D eigenvalue weighted by Crippen LogP contribution is 2.33. The molecule has 7 heteroatoms. The molecule has 0 bridgehead atoms. The van der Waals surface area contributed by atoms with Gasteiger partial charge in [-0.1, -0.05) is 0 Å². The SMILES string of the molecule is COc1cc2c(cc1OC)CN(CC(=O)Nc1c(C)nn(C)c1C)CC2. The lowest BCUT2D eigenvalue weighted by atomic mass is 9.99. The molecule has 0 fully saturated rings. The molecule has 1 aromatic carbocycles. The fourth-order valence-electron chi connectivity index (χ4n) is 3.41. The van der Waals surface area contributed by atoms with Gasteiger partial charge in [-0.3, -0.25) is 14.4 Å². The Balaban J connectivity index is 1.68. The van der Waals surface area contributed by atoms with Gasteiger partial charge in [0.2, 0.25) is 5.91 Å². The predicted octanol–water partition coefficient (Wildman–Crippen LogP) is 2.05. The molecule has 1 aliphatic heterocycles. The first-order valence-electron chi connectivity index (χ1n) is 8.69. The zero-order valence-corrected chi connectivity index (χ0v) is 16.0. The van der Waals surface area contributed by atoms with Crippen molar-refractivity contribution < 1.29 is 14.3 Å². The number of anilines is 1. The number of amides is 1. The van der Waals surface area contributed by atoms with Crippen molar-refractivity contribution in [3.8, 4) is 11.5 Å². The van der Waals surface area contributed by atoms with E-state index >= 15 is 0 Å². The number of nitrogens with one attached hydrogen (secondary N) is 1. The normalized spacial score (nSPS) is 14.0. The van der Waals surface area contributed by atoms with Crippen LogP contribution in [0.25, 0.3) is 0 Å². The third-order valence-corrected chi connectivity index (χ3v) is 4.94. The van der Waals surface area contributed by atoms with Gasteiger partial charge in [0.1, 0.15) is 0 Å². The van der Waals surface area contributed by atoms with Gasteiger partial charge >= 0.3 is 0 Å². The molecule has 0 saturated heterocycles. The molecule has 0 atom stereocenters. The third kappa shape index (κ3) is 3.53. The molecule has 140 valence electrons. The number of nitrogens with zero attached hydrogens (tertiary/aromatic N) is 3. The first kappa shape index (κ1) is 18.3. The fourth-order valence-corrected chi connectivity index (χ4v) is 3.41. The van der Waals surface area contributed by atoms with Crippen LogP contribution >= 0.6 is 0 Å². The number of hydrogen-bond donors (Lipinski definition) is 1. The lowest BCUT2D eigenvalue weighted by Crippen LogP contribution is -2.37. The lowest BCUT2D eigenvalue weighted by Gasteiger charge is -2.29. The van der Waals surface area contributed by atoms with Crippen molar-refractivity contribution in [3.63, 3.8) is 0 Å². The van der Waals surface area contributed by atoms with E-state index in [0.29, 0.717) is 13.1 Å². The summed E-state index contributed by atoms with van der Waals surface area (Å²) in [5.74, 6) is 1.45. The second-order valence-corrected chi connectivity index (χ2v) is 6.65. The molecule has 1 aromatic heterocycles. The average Bonchev–Trinajstić information content (AvgIpc) is 2.86. The Morgan fingerprint density at radius 2 is 1.85 bits per heavy atom. The van der Waals surface area contributed by atoms with E-state index in [-0.39, 0.29) is 5.91 Å². The maximum atomic E-state index is 12.5. The summed E-state index contributed by atoms with van der Waals surface area (Å²) in [6, 6.07) is 4.04. The van der Waals surface area contributed by atoms with E-state index in [4.69, 9.17) is 9.47 Å². The second kappa shape index (κ2) is 7.37. The molecule has 2 heterocycles. The summed E-state index contributed by atoms with van der Waals surface area (Å²) in [6.07, 6.45) is 0.883. The number of aromatic nitrogens is 2. The van der Waals surface area contributed by atoms with Gasteiger partial charge < -0.3 is 14.8 Å². The van der Waals surface area contributed by atoms with Crippen molar-refractivity contribution in [2.24, 2.45) is 7.05 Å². The molecule has 0 spiro atoms. The number of rotatable bonds is 5. The molecule has 0 radical (unpaired) electrons. The smallest absolute Gasteiger partial charge is 0.238 e. The highest BCUT2D eigenvalue weighted by molar-refractivity contribution is 5.93. The van der Waals surface area contributed by atoms with E-state index in [2.05, 4.69) is 15.3 Å². The molecule has 26 heavy (non-hydrogen) atoms. The summed E-state index contributed by atoms with van der Waals surface area (Å²) >= 11 is 0. The highest BCUT2D eigenvalue weighted by atomic mass is 16.5. The van der Waals surface area contributed by atoms with Crippen molar-refractivity contribution in [2.45, 2.75) is 26.8 Å². The van der Waals surface area contributed by atoms with Crippen LogP contribution in [-0.2, 0) is 24.8 Å². The number of carbonyl (C=O) groups is 1. The van der Waals surface area contributed by atoms with Crippen LogP contribution in [0.3, 0.4) is 0 Å². The molecular weight excluding hydrogens is 332 g/mol.